The highest BCUT2D eigenvalue weighted by Gasteiger charge is 2.24. The lowest BCUT2D eigenvalue weighted by molar-refractivity contribution is -0.138. The van der Waals surface area contributed by atoms with E-state index >= 15 is 0 Å². The molecule has 142 valence electrons. The molecule has 1 amide bonds. The molecule has 2 heterocycles. The Morgan fingerprint density at radius 1 is 1.33 bits per heavy atom. The van der Waals surface area contributed by atoms with Gasteiger partial charge in [0, 0.05) is 7.05 Å². The van der Waals surface area contributed by atoms with E-state index in [1.54, 1.807) is 23.3 Å². The Morgan fingerprint density at radius 3 is 2.85 bits per heavy atom. The average Bonchev–Trinajstić information content (AvgIpc) is 3.33. The van der Waals surface area contributed by atoms with Crippen LogP contribution in [0, 0.1) is 13.8 Å². The van der Waals surface area contributed by atoms with Crippen LogP contribution in [0.15, 0.2) is 40.2 Å². The Bertz CT molecular complexity index is 905. The van der Waals surface area contributed by atoms with Crippen molar-refractivity contribution >= 4 is 17.2 Å². The van der Waals surface area contributed by atoms with Crippen LogP contribution >= 0.6 is 11.3 Å². The Morgan fingerprint density at radius 2 is 2.15 bits per heavy atom. The molecule has 3 rings (SSSR count). The summed E-state index contributed by atoms with van der Waals surface area (Å²) in [5.74, 6) is 1.56. The van der Waals surface area contributed by atoms with Crippen LogP contribution in [0.2, 0.25) is 0 Å². The van der Waals surface area contributed by atoms with Crippen molar-refractivity contribution in [2.75, 3.05) is 7.05 Å². The molecule has 0 saturated carbocycles. The SMILES string of the molecule is CCC(Oc1cc(C)ccc1C)C(=O)N(C)Cc1nc(-c2cccs2)no1. The minimum Gasteiger partial charge on any atom is -0.480 e. The van der Waals surface area contributed by atoms with Crippen molar-refractivity contribution in [2.24, 2.45) is 0 Å². The summed E-state index contributed by atoms with van der Waals surface area (Å²) >= 11 is 1.54. The molecule has 0 aliphatic carbocycles. The summed E-state index contributed by atoms with van der Waals surface area (Å²) in [6.07, 6.45) is 0.0103. The second-order valence-electron chi connectivity index (χ2n) is 6.47. The zero-order valence-corrected chi connectivity index (χ0v) is 16.7. The topological polar surface area (TPSA) is 68.5 Å². The van der Waals surface area contributed by atoms with Gasteiger partial charge in [0.15, 0.2) is 6.10 Å². The van der Waals surface area contributed by atoms with E-state index in [9.17, 15) is 4.79 Å². The quantitative estimate of drug-likeness (QED) is 0.609. The van der Waals surface area contributed by atoms with Gasteiger partial charge in [-0.2, -0.15) is 4.98 Å². The van der Waals surface area contributed by atoms with E-state index in [0.29, 0.717) is 18.1 Å². The van der Waals surface area contributed by atoms with Gasteiger partial charge in [-0.05, 0) is 48.9 Å². The second kappa shape index (κ2) is 8.35. The maximum atomic E-state index is 12.8. The van der Waals surface area contributed by atoms with Gasteiger partial charge >= 0.3 is 0 Å². The number of benzene rings is 1. The molecular formula is C20H23N3O3S. The number of ether oxygens (including phenoxy) is 1. The molecule has 0 bridgehead atoms. The second-order valence-corrected chi connectivity index (χ2v) is 7.41. The molecule has 0 aliphatic rings. The molecule has 0 radical (unpaired) electrons. The third-order valence-electron chi connectivity index (χ3n) is 4.22. The number of carbonyl (C=O) groups is 1. The number of rotatable bonds is 7. The zero-order valence-electron chi connectivity index (χ0n) is 15.9. The van der Waals surface area contributed by atoms with Crippen molar-refractivity contribution in [1.29, 1.82) is 0 Å². The zero-order chi connectivity index (χ0) is 19.4. The molecule has 7 heteroatoms. The maximum absolute atomic E-state index is 12.8. The number of thiophene rings is 1. The van der Waals surface area contributed by atoms with E-state index in [0.717, 1.165) is 21.8 Å². The number of nitrogens with zero attached hydrogens (tertiary/aromatic N) is 3. The van der Waals surface area contributed by atoms with Gasteiger partial charge in [0.05, 0.1) is 11.4 Å². The average molecular weight is 385 g/mol. The van der Waals surface area contributed by atoms with Crippen molar-refractivity contribution in [2.45, 2.75) is 39.8 Å². The molecule has 0 N–H and O–H groups in total. The van der Waals surface area contributed by atoms with Crippen LogP contribution in [0.3, 0.4) is 0 Å². The summed E-state index contributed by atoms with van der Waals surface area (Å²) in [5, 5.41) is 5.94. The van der Waals surface area contributed by atoms with Crippen LogP contribution in [-0.2, 0) is 11.3 Å². The number of likely N-dealkylation sites (N-methyl/N-ethyl adjacent to an activating group) is 1. The first-order valence-electron chi connectivity index (χ1n) is 8.83. The van der Waals surface area contributed by atoms with Crippen molar-refractivity contribution < 1.29 is 14.1 Å². The van der Waals surface area contributed by atoms with Crippen LogP contribution in [-0.4, -0.2) is 34.1 Å². The van der Waals surface area contributed by atoms with Gasteiger partial charge in [-0.25, -0.2) is 0 Å². The van der Waals surface area contributed by atoms with Crippen molar-refractivity contribution in [3.63, 3.8) is 0 Å². The number of hydrogen-bond acceptors (Lipinski definition) is 6. The Kier molecular flexibility index (Phi) is 5.91. The number of hydrogen-bond donors (Lipinski definition) is 0. The minimum atomic E-state index is -0.560. The molecular weight excluding hydrogens is 362 g/mol. The normalized spacial score (nSPS) is 12.0. The minimum absolute atomic E-state index is 0.116. The first-order valence-corrected chi connectivity index (χ1v) is 9.71. The molecule has 1 unspecified atom stereocenters. The summed E-state index contributed by atoms with van der Waals surface area (Å²) in [6.45, 7) is 6.15. The van der Waals surface area contributed by atoms with Gasteiger partial charge in [0.25, 0.3) is 5.91 Å². The largest absolute Gasteiger partial charge is 0.480 e. The summed E-state index contributed by atoms with van der Waals surface area (Å²) in [5.41, 5.74) is 2.10. The smallest absolute Gasteiger partial charge is 0.263 e. The highest BCUT2D eigenvalue weighted by Crippen LogP contribution is 2.23. The van der Waals surface area contributed by atoms with Gasteiger partial charge in [0.2, 0.25) is 11.7 Å². The van der Waals surface area contributed by atoms with E-state index < -0.39 is 6.10 Å². The lowest BCUT2D eigenvalue weighted by Crippen LogP contribution is -2.39. The lowest BCUT2D eigenvalue weighted by atomic mass is 10.1. The molecule has 1 atom stereocenters. The van der Waals surface area contributed by atoms with Crippen LogP contribution in [0.25, 0.3) is 10.7 Å². The summed E-state index contributed by atoms with van der Waals surface area (Å²) < 4.78 is 11.3. The maximum Gasteiger partial charge on any atom is 0.263 e. The van der Waals surface area contributed by atoms with Gasteiger partial charge in [0.1, 0.15) is 5.75 Å². The number of amides is 1. The monoisotopic (exact) mass is 385 g/mol. The third kappa shape index (κ3) is 4.54. The fourth-order valence-corrected chi connectivity index (χ4v) is 3.30. The van der Waals surface area contributed by atoms with Crippen LogP contribution in [0.4, 0.5) is 0 Å². The first kappa shape index (κ1) is 19.1. The Hall–Kier alpha value is -2.67. The Balaban J connectivity index is 1.67. The van der Waals surface area contributed by atoms with E-state index in [-0.39, 0.29) is 12.5 Å². The van der Waals surface area contributed by atoms with Crippen molar-refractivity contribution in [3.05, 3.63) is 52.7 Å². The highest BCUT2D eigenvalue weighted by molar-refractivity contribution is 7.13. The molecule has 1 aromatic carbocycles. The first-order chi connectivity index (χ1) is 13.0. The summed E-state index contributed by atoms with van der Waals surface area (Å²) in [4.78, 5) is 19.7. The summed E-state index contributed by atoms with van der Waals surface area (Å²) in [7, 11) is 1.71. The molecule has 0 fully saturated rings. The molecule has 0 saturated heterocycles. The van der Waals surface area contributed by atoms with E-state index in [4.69, 9.17) is 9.26 Å². The van der Waals surface area contributed by atoms with Crippen LogP contribution in [0.1, 0.15) is 30.4 Å². The number of aryl methyl sites for hydroxylation is 2. The van der Waals surface area contributed by atoms with Gasteiger partial charge in [-0.1, -0.05) is 30.3 Å². The Labute approximate surface area is 162 Å². The van der Waals surface area contributed by atoms with E-state index in [2.05, 4.69) is 10.1 Å². The van der Waals surface area contributed by atoms with E-state index in [1.165, 1.54) is 0 Å². The number of carbonyl (C=O) groups excluding carboxylic acids is 1. The third-order valence-corrected chi connectivity index (χ3v) is 5.08. The van der Waals surface area contributed by atoms with Gasteiger partial charge < -0.3 is 14.2 Å². The molecule has 2 aromatic heterocycles. The van der Waals surface area contributed by atoms with Crippen LogP contribution in [0.5, 0.6) is 5.75 Å². The number of aromatic nitrogens is 2. The van der Waals surface area contributed by atoms with Crippen LogP contribution < -0.4 is 4.74 Å². The molecule has 6 nitrogen and oxygen atoms in total. The predicted molar refractivity (Wildman–Crippen MR) is 105 cm³/mol. The fourth-order valence-electron chi connectivity index (χ4n) is 2.65. The van der Waals surface area contributed by atoms with Crippen molar-refractivity contribution in [1.82, 2.24) is 15.0 Å². The van der Waals surface area contributed by atoms with E-state index in [1.807, 2.05) is 56.5 Å². The van der Waals surface area contributed by atoms with Gasteiger partial charge in [-0.3, -0.25) is 4.79 Å². The van der Waals surface area contributed by atoms with Gasteiger partial charge in [-0.15, -0.1) is 11.3 Å². The summed E-state index contributed by atoms with van der Waals surface area (Å²) in [6, 6.07) is 9.84. The fraction of sp³-hybridized carbons (Fsp3) is 0.350. The highest BCUT2D eigenvalue weighted by atomic mass is 32.1. The molecule has 0 aliphatic heterocycles. The predicted octanol–water partition coefficient (Wildman–Crippen LogP) is 4.23. The standard InChI is InChI=1S/C20H23N3O3S/c1-5-15(25-16-11-13(2)8-9-14(16)3)20(24)23(4)12-18-21-19(22-26-18)17-7-6-10-27-17/h6-11,15H,5,12H2,1-4H3. The lowest BCUT2D eigenvalue weighted by Gasteiger charge is -2.23. The molecule has 3 aromatic rings. The molecule has 0 spiro atoms. The molecule has 27 heavy (non-hydrogen) atoms. The van der Waals surface area contributed by atoms with Crippen molar-refractivity contribution in [3.8, 4) is 16.5 Å².